The van der Waals surface area contributed by atoms with Gasteiger partial charge in [-0.2, -0.15) is 0 Å². The van der Waals surface area contributed by atoms with E-state index in [1.165, 1.54) is 11.3 Å². The number of rotatable bonds is 7. The molecule has 0 bridgehead atoms. The monoisotopic (exact) mass is 282 g/mol. The van der Waals surface area contributed by atoms with Gasteiger partial charge in [-0.25, -0.2) is 0 Å². The van der Waals surface area contributed by atoms with E-state index in [1.54, 1.807) is 0 Å². The summed E-state index contributed by atoms with van der Waals surface area (Å²) >= 11 is 6.43. The molecule has 0 aliphatic heterocycles. The zero-order chi connectivity index (χ0) is 14.4. The zero-order valence-electron chi connectivity index (χ0n) is 12.8. The van der Waals surface area contributed by atoms with Crippen LogP contribution in [0.15, 0.2) is 18.2 Å². The molecule has 1 N–H and O–H groups in total. The van der Waals surface area contributed by atoms with Crippen molar-refractivity contribution in [3.63, 3.8) is 0 Å². The number of halogens is 1. The minimum atomic E-state index is 0.477. The highest BCUT2D eigenvalue weighted by molar-refractivity contribution is 6.33. The third kappa shape index (κ3) is 4.39. The molecule has 0 aliphatic rings. The maximum Gasteiger partial charge on any atom is 0.0642 e. The lowest BCUT2D eigenvalue weighted by atomic mass is 10.1. The van der Waals surface area contributed by atoms with E-state index in [4.69, 9.17) is 11.6 Å². The standard InChI is InChI=1S/C16H27ClN2/c1-6-14(7-2)19(5)16-13(11-18-12(3)4)9-8-10-15(16)17/h8-10,12,14,18H,6-7,11H2,1-5H3. The first-order valence-electron chi connectivity index (χ1n) is 7.24. The fourth-order valence-corrected chi connectivity index (χ4v) is 2.76. The summed E-state index contributed by atoms with van der Waals surface area (Å²) in [5.41, 5.74) is 2.45. The molecule has 0 spiro atoms. The van der Waals surface area contributed by atoms with E-state index < -0.39 is 0 Å². The highest BCUT2D eigenvalue weighted by Crippen LogP contribution is 2.31. The number of hydrogen-bond donors (Lipinski definition) is 1. The van der Waals surface area contributed by atoms with E-state index in [0.29, 0.717) is 12.1 Å². The van der Waals surface area contributed by atoms with Crippen molar-refractivity contribution in [3.05, 3.63) is 28.8 Å². The average Bonchev–Trinajstić information content (AvgIpc) is 2.37. The van der Waals surface area contributed by atoms with E-state index in [1.807, 2.05) is 12.1 Å². The van der Waals surface area contributed by atoms with Crippen LogP contribution in [0.5, 0.6) is 0 Å². The van der Waals surface area contributed by atoms with Crippen LogP contribution in [0.1, 0.15) is 46.1 Å². The summed E-state index contributed by atoms with van der Waals surface area (Å²) in [4.78, 5) is 2.33. The quantitative estimate of drug-likeness (QED) is 0.794. The Hall–Kier alpha value is -0.730. The molecule has 0 atom stereocenters. The van der Waals surface area contributed by atoms with Gasteiger partial charge in [0, 0.05) is 25.7 Å². The molecule has 0 saturated carbocycles. The van der Waals surface area contributed by atoms with Crippen LogP contribution in [0.2, 0.25) is 5.02 Å². The van der Waals surface area contributed by atoms with E-state index in [-0.39, 0.29) is 0 Å². The minimum Gasteiger partial charge on any atom is -0.370 e. The Morgan fingerprint density at radius 2 is 1.84 bits per heavy atom. The SMILES string of the molecule is CCC(CC)N(C)c1c(Cl)cccc1CNC(C)C. The van der Waals surface area contributed by atoms with E-state index in [2.05, 4.69) is 51.0 Å². The van der Waals surface area contributed by atoms with Crippen molar-refractivity contribution in [1.82, 2.24) is 5.32 Å². The van der Waals surface area contributed by atoms with Crippen LogP contribution in [-0.2, 0) is 6.54 Å². The second-order valence-corrected chi connectivity index (χ2v) is 5.77. The Bertz CT molecular complexity index is 386. The molecule has 0 aromatic heterocycles. The molecule has 0 amide bonds. The molecule has 3 heteroatoms. The number of hydrogen-bond acceptors (Lipinski definition) is 2. The van der Waals surface area contributed by atoms with Crippen molar-refractivity contribution >= 4 is 17.3 Å². The summed E-state index contributed by atoms with van der Waals surface area (Å²) < 4.78 is 0. The van der Waals surface area contributed by atoms with Gasteiger partial charge in [0.25, 0.3) is 0 Å². The Morgan fingerprint density at radius 3 is 2.37 bits per heavy atom. The summed E-state index contributed by atoms with van der Waals surface area (Å²) in [5, 5.41) is 4.32. The van der Waals surface area contributed by atoms with E-state index in [9.17, 15) is 0 Å². The fourth-order valence-electron chi connectivity index (χ4n) is 2.43. The predicted molar refractivity (Wildman–Crippen MR) is 86.2 cm³/mol. The average molecular weight is 283 g/mol. The highest BCUT2D eigenvalue weighted by atomic mass is 35.5. The largest absolute Gasteiger partial charge is 0.370 e. The van der Waals surface area contributed by atoms with Crippen LogP contribution in [0, 0.1) is 0 Å². The topological polar surface area (TPSA) is 15.3 Å². The molecule has 0 saturated heterocycles. The van der Waals surface area contributed by atoms with Gasteiger partial charge >= 0.3 is 0 Å². The number of benzene rings is 1. The molecule has 0 heterocycles. The van der Waals surface area contributed by atoms with Gasteiger partial charge in [-0.15, -0.1) is 0 Å². The molecule has 1 aromatic carbocycles. The van der Waals surface area contributed by atoms with Gasteiger partial charge in [-0.05, 0) is 24.5 Å². The normalized spacial score (nSPS) is 11.4. The maximum atomic E-state index is 6.43. The first kappa shape index (κ1) is 16.3. The van der Waals surface area contributed by atoms with Gasteiger partial charge in [0.15, 0.2) is 0 Å². The summed E-state index contributed by atoms with van der Waals surface area (Å²) in [6, 6.07) is 7.19. The van der Waals surface area contributed by atoms with Crippen molar-refractivity contribution < 1.29 is 0 Å². The van der Waals surface area contributed by atoms with Crippen molar-refractivity contribution in [2.24, 2.45) is 0 Å². The molecule has 0 unspecified atom stereocenters. The van der Waals surface area contributed by atoms with Gasteiger partial charge in [0.05, 0.1) is 10.7 Å². The lowest BCUT2D eigenvalue weighted by Crippen LogP contribution is -2.32. The molecule has 0 fully saturated rings. The second-order valence-electron chi connectivity index (χ2n) is 5.36. The van der Waals surface area contributed by atoms with Crippen LogP contribution in [0.4, 0.5) is 5.69 Å². The van der Waals surface area contributed by atoms with Crippen LogP contribution in [0.3, 0.4) is 0 Å². The number of anilines is 1. The summed E-state index contributed by atoms with van der Waals surface area (Å²) in [6.07, 6.45) is 2.27. The van der Waals surface area contributed by atoms with Crippen molar-refractivity contribution in [2.45, 2.75) is 59.2 Å². The molecule has 108 valence electrons. The van der Waals surface area contributed by atoms with Crippen LogP contribution in [-0.4, -0.2) is 19.1 Å². The van der Waals surface area contributed by atoms with Gasteiger partial charge < -0.3 is 10.2 Å². The number of nitrogens with one attached hydrogen (secondary N) is 1. The summed E-state index contributed by atoms with van der Waals surface area (Å²) in [6.45, 7) is 9.64. The lowest BCUT2D eigenvalue weighted by Gasteiger charge is -2.31. The smallest absolute Gasteiger partial charge is 0.0642 e. The van der Waals surface area contributed by atoms with Crippen LogP contribution in [0.25, 0.3) is 0 Å². The third-order valence-corrected chi connectivity index (χ3v) is 3.92. The molecule has 19 heavy (non-hydrogen) atoms. The van der Waals surface area contributed by atoms with E-state index in [0.717, 1.165) is 24.4 Å². The minimum absolute atomic E-state index is 0.477. The predicted octanol–water partition coefficient (Wildman–Crippen LogP) is 4.46. The molecule has 0 aliphatic carbocycles. The Balaban J connectivity index is 3.02. The number of nitrogens with zero attached hydrogens (tertiary/aromatic N) is 1. The molecular weight excluding hydrogens is 256 g/mol. The molecule has 1 rings (SSSR count). The number of para-hydroxylation sites is 1. The van der Waals surface area contributed by atoms with Crippen molar-refractivity contribution in [2.75, 3.05) is 11.9 Å². The Morgan fingerprint density at radius 1 is 1.21 bits per heavy atom. The summed E-state index contributed by atoms with van der Waals surface area (Å²) in [5.74, 6) is 0. The molecular formula is C16H27ClN2. The maximum absolute atomic E-state index is 6.43. The molecule has 0 radical (unpaired) electrons. The zero-order valence-corrected chi connectivity index (χ0v) is 13.6. The van der Waals surface area contributed by atoms with Gasteiger partial charge in [0.1, 0.15) is 0 Å². The Labute approximate surface area is 123 Å². The lowest BCUT2D eigenvalue weighted by molar-refractivity contribution is 0.573. The second kappa shape index (κ2) is 7.76. The van der Waals surface area contributed by atoms with Gasteiger partial charge in [-0.3, -0.25) is 0 Å². The molecule has 2 nitrogen and oxygen atoms in total. The highest BCUT2D eigenvalue weighted by Gasteiger charge is 2.17. The van der Waals surface area contributed by atoms with Gasteiger partial charge in [-0.1, -0.05) is 51.4 Å². The first-order chi connectivity index (χ1) is 9.01. The Kier molecular flexibility index (Phi) is 6.67. The van der Waals surface area contributed by atoms with Crippen molar-refractivity contribution in [1.29, 1.82) is 0 Å². The van der Waals surface area contributed by atoms with Crippen molar-refractivity contribution in [3.8, 4) is 0 Å². The third-order valence-electron chi connectivity index (χ3n) is 3.61. The first-order valence-corrected chi connectivity index (χ1v) is 7.62. The van der Waals surface area contributed by atoms with Crippen LogP contribution < -0.4 is 10.2 Å². The van der Waals surface area contributed by atoms with Gasteiger partial charge in [0.2, 0.25) is 0 Å². The summed E-state index contributed by atoms with van der Waals surface area (Å²) in [7, 11) is 2.15. The fraction of sp³-hybridized carbons (Fsp3) is 0.625. The van der Waals surface area contributed by atoms with Crippen LogP contribution >= 0.6 is 11.6 Å². The van der Waals surface area contributed by atoms with E-state index >= 15 is 0 Å². The molecule has 1 aromatic rings.